The van der Waals surface area contributed by atoms with Gasteiger partial charge in [0.2, 0.25) is 11.7 Å². The summed E-state index contributed by atoms with van der Waals surface area (Å²) in [5.74, 6) is 0.539. The summed E-state index contributed by atoms with van der Waals surface area (Å²) in [5.41, 5.74) is 2.58. The Bertz CT molecular complexity index is 943. The molecule has 0 saturated carbocycles. The van der Waals surface area contributed by atoms with Gasteiger partial charge in [-0.2, -0.15) is 4.98 Å². The monoisotopic (exact) mass is 383 g/mol. The first-order valence-corrected chi connectivity index (χ1v) is 9.13. The Labute approximate surface area is 163 Å². The fourth-order valence-corrected chi connectivity index (χ4v) is 2.85. The number of benzene rings is 2. The standard InChI is InChI=1S/C21H22ClN3O2/c1-13(23-19(26)16-7-5-6-8-17(16)22)20-24-18(25-27-20)14-9-11-15(12-10-14)21(2,3)4/h5-13H,1-4H3,(H,23,26)/t13-/m0/s1. The second kappa shape index (κ2) is 7.53. The third-order valence-corrected chi connectivity index (χ3v) is 4.62. The Morgan fingerprint density at radius 2 is 1.78 bits per heavy atom. The van der Waals surface area contributed by atoms with Crippen molar-refractivity contribution in [3.8, 4) is 11.4 Å². The van der Waals surface area contributed by atoms with E-state index >= 15 is 0 Å². The molecule has 140 valence electrons. The van der Waals surface area contributed by atoms with Gasteiger partial charge in [-0.3, -0.25) is 4.79 Å². The van der Waals surface area contributed by atoms with Crippen LogP contribution in [0.2, 0.25) is 5.02 Å². The SMILES string of the molecule is C[C@H](NC(=O)c1ccccc1Cl)c1nc(-c2ccc(C(C)(C)C)cc2)no1. The molecule has 3 aromatic rings. The van der Waals surface area contributed by atoms with Crippen molar-refractivity contribution in [2.24, 2.45) is 0 Å². The Kier molecular flexibility index (Phi) is 5.33. The maximum absolute atomic E-state index is 12.4. The topological polar surface area (TPSA) is 68.0 Å². The third-order valence-electron chi connectivity index (χ3n) is 4.29. The highest BCUT2D eigenvalue weighted by Crippen LogP contribution is 2.25. The van der Waals surface area contributed by atoms with Gasteiger partial charge >= 0.3 is 0 Å². The second-order valence-electron chi connectivity index (χ2n) is 7.46. The number of halogens is 1. The minimum atomic E-state index is -0.441. The molecule has 6 heteroatoms. The normalized spacial score (nSPS) is 12.6. The van der Waals surface area contributed by atoms with Crippen molar-refractivity contribution in [2.45, 2.75) is 39.2 Å². The molecule has 0 unspecified atom stereocenters. The maximum atomic E-state index is 12.4. The molecule has 2 aromatic carbocycles. The summed E-state index contributed by atoms with van der Waals surface area (Å²) in [6.45, 7) is 8.28. The molecule has 0 spiro atoms. The number of nitrogens with zero attached hydrogens (tertiary/aromatic N) is 2. The Morgan fingerprint density at radius 3 is 2.41 bits per heavy atom. The summed E-state index contributed by atoms with van der Waals surface area (Å²) in [5, 5.41) is 7.26. The number of nitrogens with one attached hydrogen (secondary N) is 1. The van der Waals surface area contributed by atoms with Gasteiger partial charge < -0.3 is 9.84 Å². The number of carbonyl (C=O) groups is 1. The molecule has 0 fully saturated rings. The van der Waals surface area contributed by atoms with Crippen molar-refractivity contribution in [3.05, 3.63) is 70.6 Å². The molecule has 0 bridgehead atoms. The predicted octanol–water partition coefficient (Wildman–Crippen LogP) is 5.18. The Balaban J connectivity index is 1.73. The minimum Gasteiger partial charge on any atom is -0.340 e. The summed E-state index contributed by atoms with van der Waals surface area (Å²) >= 11 is 6.07. The van der Waals surface area contributed by atoms with Gasteiger partial charge in [-0.05, 0) is 30.0 Å². The van der Waals surface area contributed by atoms with Gasteiger partial charge in [0.25, 0.3) is 5.91 Å². The average Bonchev–Trinajstić information content (AvgIpc) is 3.11. The van der Waals surface area contributed by atoms with Crippen LogP contribution >= 0.6 is 11.6 Å². The average molecular weight is 384 g/mol. The molecule has 0 aliphatic rings. The van der Waals surface area contributed by atoms with Crippen molar-refractivity contribution in [1.82, 2.24) is 15.5 Å². The van der Waals surface area contributed by atoms with E-state index in [1.807, 2.05) is 12.1 Å². The Hall–Kier alpha value is -2.66. The highest BCUT2D eigenvalue weighted by molar-refractivity contribution is 6.33. The van der Waals surface area contributed by atoms with Crippen LogP contribution in [0, 0.1) is 0 Å². The van der Waals surface area contributed by atoms with Gasteiger partial charge in [0, 0.05) is 5.56 Å². The van der Waals surface area contributed by atoms with E-state index in [9.17, 15) is 4.79 Å². The number of amides is 1. The molecule has 1 heterocycles. The van der Waals surface area contributed by atoms with Gasteiger partial charge in [-0.1, -0.05) is 73.9 Å². The van der Waals surface area contributed by atoms with Gasteiger partial charge in [0.1, 0.15) is 6.04 Å². The molecule has 1 atom stereocenters. The Morgan fingerprint density at radius 1 is 1.11 bits per heavy atom. The first-order valence-electron chi connectivity index (χ1n) is 8.75. The van der Waals surface area contributed by atoms with Crippen LogP contribution in [0.15, 0.2) is 53.1 Å². The van der Waals surface area contributed by atoms with Crippen molar-refractivity contribution in [3.63, 3.8) is 0 Å². The lowest BCUT2D eigenvalue weighted by atomic mass is 9.87. The van der Waals surface area contributed by atoms with Gasteiger partial charge in [0.05, 0.1) is 10.6 Å². The highest BCUT2D eigenvalue weighted by atomic mass is 35.5. The molecule has 0 aliphatic heterocycles. The number of aromatic nitrogens is 2. The first kappa shape index (κ1) is 19.1. The molecule has 27 heavy (non-hydrogen) atoms. The van der Waals surface area contributed by atoms with Gasteiger partial charge in [0.15, 0.2) is 0 Å². The summed E-state index contributed by atoms with van der Waals surface area (Å²) in [4.78, 5) is 16.8. The predicted molar refractivity (Wildman–Crippen MR) is 106 cm³/mol. The number of hydrogen-bond donors (Lipinski definition) is 1. The number of carbonyl (C=O) groups excluding carboxylic acids is 1. The fraction of sp³-hybridized carbons (Fsp3) is 0.286. The van der Waals surface area contributed by atoms with Gasteiger partial charge in [-0.15, -0.1) is 0 Å². The summed E-state index contributed by atoms with van der Waals surface area (Å²) in [6, 6.07) is 14.5. The van der Waals surface area contributed by atoms with Crippen LogP contribution in [0.5, 0.6) is 0 Å². The van der Waals surface area contributed by atoms with Crippen molar-refractivity contribution in [1.29, 1.82) is 0 Å². The van der Waals surface area contributed by atoms with E-state index in [1.54, 1.807) is 31.2 Å². The van der Waals surface area contributed by atoms with Gasteiger partial charge in [-0.25, -0.2) is 0 Å². The van der Waals surface area contributed by atoms with E-state index in [1.165, 1.54) is 5.56 Å². The van der Waals surface area contributed by atoms with E-state index in [0.717, 1.165) is 5.56 Å². The lowest BCUT2D eigenvalue weighted by Crippen LogP contribution is -2.27. The zero-order valence-corrected chi connectivity index (χ0v) is 16.5. The molecule has 1 amide bonds. The smallest absolute Gasteiger partial charge is 0.253 e. The summed E-state index contributed by atoms with van der Waals surface area (Å²) in [7, 11) is 0. The van der Waals surface area contributed by atoms with Crippen molar-refractivity contribution in [2.75, 3.05) is 0 Å². The lowest BCUT2D eigenvalue weighted by Gasteiger charge is -2.18. The van der Waals surface area contributed by atoms with Crippen LogP contribution in [0.25, 0.3) is 11.4 Å². The maximum Gasteiger partial charge on any atom is 0.253 e. The largest absolute Gasteiger partial charge is 0.340 e. The summed E-state index contributed by atoms with van der Waals surface area (Å²) < 4.78 is 5.34. The van der Waals surface area contributed by atoms with E-state index < -0.39 is 6.04 Å². The van der Waals surface area contributed by atoms with E-state index in [-0.39, 0.29) is 11.3 Å². The number of rotatable bonds is 4. The molecule has 0 radical (unpaired) electrons. The van der Waals surface area contributed by atoms with Crippen LogP contribution in [-0.2, 0) is 5.41 Å². The molecule has 5 nitrogen and oxygen atoms in total. The molecular formula is C21H22ClN3O2. The van der Waals surface area contributed by atoms with Crippen molar-refractivity contribution < 1.29 is 9.32 Å². The molecule has 0 saturated heterocycles. The molecule has 3 rings (SSSR count). The van der Waals surface area contributed by atoms with Crippen LogP contribution in [-0.4, -0.2) is 16.0 Å². The molecule has 0 aliphatic carbocycles. The first-order chi connectivity index (χ1) is 12.8. The second-order valence-corrected chi connectivity index (χ2v) is 7.87. The zero-order chi connectivity index (χ0) is 19.6. The quantitative estimate of drug-likeness (QED) is 0.674. The third kappa shape index (κ3) is 4.37. The number of hydrogen-bond acceptors (Lipinski definition) is 4. The van der Waals surface area contributed by atoms with Crippen LogP contribution in [0.1, 0.15) is 55.5 Å². The van der Waals surface area contributed by atoms with E-state index in [4.69, 9.17) is 16.1 Å². The minimum absolute atomic E-state index is 0.0818. The molecule has 1 aromatic heterocycles. The van der Waals surface area contributed by atoms with Crippen molar-refractivity contribution >= 4 is 17.5 Å². The lowest BCUT2D eigenvalue weighted by molar-refractivity contribution is 0.0932. The fourth-order valence-electron chi connectivity index (χ4n) is 2.63. The summed E-state index contributed by atoms with van der Waals surface area (Å²) in [6.07, 6.45) is 0. The highest BCUT2D eigenvalue weighted by Gasteiger charge is 2.20. The zero-order valence-electron chi connectivity index (χ0n) is 15.8. The van der Waals surface area contributed by atoms with Crippen LogP contribution < -0.4 is 5.32 Å². The van der Waals surface area contributed by atoms with Crippen LogP contribution in [0.4, 0.5) is 0 Å². The van der Waals surface area contributed by atoms with Crippen LogP contribution in [0.3, 0.4) is 0 Å². The molecular weight excluding hydrogens is 362 g/mol. The van der Waals surface area contributed by atoms with E-state index in [2.05, 4.69) is 48.4 Å². The molecule has 1 N–H and O–H groups in total. The van der Waals surface area contributed by atoms with E-state index in [0.29, 0.717) is 22.3 Å².